The predicted octanol–water partition coefficient (Wildman–Crippen LogP) is 2.50. The van der Waals surface area contributed by atoms with Crippen molar-refractivity contribution >= 4 is 11.8 Å². The second-order valence-electron chi connectivity index (χ2n) is 4.45. The van der Waals surface area contributed by atoms with Gasteiger partial charge in [0.1, 0.15) is 0 Å². The second-order valence-corrected chi connectivity index (χ2v) is 5.48. The molecule has 0 bridgehead atoms. The molecule has 2 N–H and O–H groups in total. The zero-order valence-corrected chi connectivity index (χ0v) is 9.12. The van der Waals surface area contributed by atoms with Gasteiger partial charge in [-0.3, -0.25) is 0 Å². The van der Waals surface area contributed by atoms with Gasteiger partial charge in [-0.25, -0.2) is 0 Å². The smallest absolute Gasteiger partial charge is 0.00102 e. The average Bonchev–Trinajstić information content (AvgIpc) is 2.69. The third-order valence-electron chi connectivity index (χ3n) is 2.49. The first-order chi connectivity index (χ1) is 5.68. The fraction of sp³-hybridized carbons (Fsp3) is 1.00. The molecular formula is C10H21NS. The number of rotatable bonds is 6. The normalized spacial score (nSPS) is 20.0. The lowest BCUT2D eigenvalue weighted by Crippen LogP contribution is -2.12. The van der Waals surface area contributed by atoms with Crippen LogP contribution in [0.25, 0.3) is 0 Å². The summed E-state index contributed by atoms with van der Waals surface area (Å²) in [4.78, 5) is 0. The molecule has 1 fully saturated rings. The topological polar surface area (TPSA) is 26.0 Å². The fourth-order valence-electron chi connectivity index (χ4n) is 1.46. The summed E-state index contributed by atoms with van der Waals surface area (Å²) < 4.78 is 0. The third kappa shape index (κ3) is 3.36. The van der Waals surface area contributed by atoms with Crippen LogP contribution in [-0.2, 0) is 0 Å². The Morgan fingerprint density at radius 1 is 1.42 bits per heavy atom. The van der Waals surface area contributed by atoms with E-state index in [2.05, 4.69) is 25.6 Å². The Morgan fingerprint density at radius 3 is 2.50 bits per heavy atom. The van der Waals surface area contributed by atoms with Crippen LogP contribution in [0.3, 0.4) is 0 Å². The number of hydrogen-bond acceptors (Lipinski definition) is 2. The zero-order chi connectivity index (χ0) is 9.03. The van der Waals surface area contributed by atoms with E-state index in [0.717, 1.165) is 12.5 Å². The van der Waals surface area contributed by atoms with Gasteiger partial charge < -0.3 is 5.73 Å². The van der Waals surface area contributed by atoms with E-state index >= 15 is 0 Å². The molecule has 72 valence electrons. The van der Waals surface area contributed by atoms with Crippen molar-refractivity contribution in [3.63, 3.8) is 0 Å². The summed E-state index contributed by atoms with van der Waals surface area (Å²) in [6.07, 6.45) is 4.10. The van der Waals surface area contributed by atoms with Crippen molar-refractivity contribution < 1.29 is 0 Å². The van der Waals surface area contributed by atoms with Gasteiger partial charge in [-0.1, -0.05) is 13.8 Å². The molecule has 0 aromatic heterocycles. The van der Waals surface area contributed by atoms with Gasteiger partial charge in [0.2, 0.25) is 0 Å². The summed E-state index contributed by atoms with van der Waals surface area (Å²) in [7, 11) is 0. The lowest BCUT2D eigenvalue weighted by molar-refractivity contribution is 0.537. The van der Waals surface area contributed by atoms with Crippen molar-refractivity contribution in [3.8, 4) is 0 Å². The van der Waals surface area contributed by atoms with E-state index in [1.165, 1.54) is 30.8 Å². The Balaban J connectivity index is 2.06. The highest BCUT2D eigenvalue weighted by Gasteiger charge is 2.41. The third-order valence-corrected chi connectivity index (χ3v) is 4.21. The maximum Gasteiger partial charge on any atom is -0.00102 e. The van der Waals surface area contributed by atoms with Gasteiger partial charge in [0.25, 0.3) is 0 Å². The highest BCUT2D eigenvalue weighted by atomic mass is 32.2. The second kappa shape index (κ2) is 4.52. The van der Waals surface area contributed by atoms with Gasteiger partial charge in [0.05, 0.1) is 0 Å². The summed E-state index contributed by atoms with van der Waals surface area (Å²) >= 11 is 2.12. The first-order valence-corrected chi connectivity index (χ1v) is 6.12. The minimum absolute atomic E-state index is 0.675. The van der Waals surface area contributed by atoms with Gasteiger partial charge >= 0.3 is 0 Å². The van der Waals surface area contributed by atoms with Crippen LogP contribution in [0.5, 0.6) is 0 Å². The molecule has 1 nitrogen and oxygen atoms in total. The predicted molar refractivity (Wildman–Crippen MR) is 57.5 cm³/mol. The van der Waals surface area contributed by atoms with Crippen LogP contribution in [-0.4, -0.2) is 18.1 Å². The molecule has 1 aliphatic carbocycles. The van der Waals surface area contributed by atoms with Crippen LogP contribution in [0.15, 0.2) is 0 Å². The summed E-state index contributed by atoms with van der Waals surface area (Å²) in [6, 6.07) is 0. The lowest BCUT2D eigenvalue weighted by Gasteiger charge is -2.13. The minimum Gasteiger partial charge on any atom is -0.330 e. The molecule has 1 saturated carbocycles. The molecule has 12 heavy (non-hydrogen) atoms. The van der Waals surface area contributed by atoms with Crippen LogP contribution in [0.4, 0.5) is 0 Å². The van der Waals surface area contributed by atoms with Crippen LogP contribution >= 0.6 is 11.8 Å². The van der Waals surface area contributed by atoms with Crippen LogP contribution < -0.4 is 5.73 Å². The number of nitrogens with two attached hydrogens (primary N) is 1. The SMILES string of the molecule is CC(C)CSCC1(CCN)CC1. The quantitative estimate of drug-likeness (QED) is 0.691. The number of thioether (sulfide) groups is 1. The molecule has 0 unspecified atom stereocenters. The average molecular weight is 187 g/mol. The van der Waals surface area contributed by atoms with Crippen molar-refractivity contribution in [1.82, 2.24) is 0 Å². The Morgan fingerprint density at radius 2 is 2.08 bits per heavy atom. The van der Waals surface area contributed by atoms with Crippen molar-refractivity contribution in [3.05, 3.63) is 0 Å². The van der Waals surface area contributed by atoms with Gasteiger partial charge in [-0.15, -0.1) is 0 Å². The molecular weight excluding hydrogens is 166 g/mol. The highest BCUT2D eigenvalue weighted by Crippen LogP contribution is 2.50. The van der Waals surface area contributed by atoms with E-state index in [-0.39, 0.29) is 0 Å². The van der Waals surface area contributed by atoms with E-state index < -0.39 is 0 Å². The van der Waals surface area contributed by atoms with Crippen LogP contribution in [0, 0.1) is 11.3 Å². The van der Waals surface area contributed by atoms with Gasteiger partial charge in [0, 0.05) is 0 Å². The van der Waals surface area contributed by atoms with Gasteiger partial charge in [0.15, 0.2) is 0 Å². The Bertz CT molecular complexity index is 130. The molecule has 0 amide bonds. The lowest BCUT2D eigenvalue weighted by atomic mass is 10.1. The summed E-state index contributed by atoms with van der Waals surface area (Å²) in [5.41, 5.74) is 6.25. The monoisotopic (exact) mass is 187 g/mol. The minimum atomic E-state index is 0.675. The molecule has 0 atom stereocenters. The van der Waals surface area contributed by atoms with Gasteiger partial charge in [-0.05, 0) is 48.6 Å². The molecule has 1 rings (SSSR count). The molecule has 0 radical (unpaired) electrons. The fourth-order valence-corrected chi connectivity index (χ4v) is 2.92. The van der Waals surface area contributed by atoms with Crippen molar-refractivity contribution in [1.29, 1.82) is 0 Å². The number of hydrogen-bond donors (Lipinski definition) is 1. The van der Waals surface area contributed by atoms with E-state index in [1.54, 1.807) is 0 Å². The molecule has 0 heterocycles. The van der Waals surface area contributed by atoms with Crippen molar-refractivity contribution in [2.45, 2.75) is 33.1 Å². The van der Waals surface area contributed by atoms with E-state index in [9.17, 15) is 0 Å². The molecule has 0 aliphatic heterocycles. The van der Waals surface area contributed by atoms with E-state index in [4.69, 9.17) is 5.73 Å². The summed E-state index contributed by atoms with van der Waals surface area (Å²) in [6.45, 7) is 5.45. The maximum absolute atomic E-state index is 5.58. The Kier molecular flexibility index (Phi) is 3.91. The molecule has 0 saturated heterocycles. The summed E-state index contributed by atoms with van der Waals surface area (Å²) in [5, 5.41) is 0. The highest BCUT2D eigenvalue weighted by molar-refractivity contribution is 7.99. The van der Waals surface area contributed by atoms with Crippen LogP contribution in [0.2, 0.25) is 0 Å². The van der Waals surface area contributed by atoms with Gasteiger partial charge in [-0.2, -0.15) is 11.8 Å². The molecule has 1 aliphatic rings. The molecule has 0 aromatic rings. The molecule has 0 spiro atoms. The maximum atomic E-state index is 5.58. The van der Waals surface area contributed by atoms with Crippen LogP contribution in [0.1, 0.15) is 33.1 Å². The standard InChI is InChI=1S/C10H21NS/c1-9(2)7-12-8-10(3-4-10)5-6-11/h9H,3-8,11H2,1-2H3. The first kappa shape index (κ1) is 10.4. The molecule has 0 aromatic carbocycles. The Hall–Kier alpha value is 0.310. The largest absolute Gasteiger partial charge is 0.330 e. The Labute approximate surface area is 80.5 Å². The van der Waals surface area contributed by atoms with Crippen molar-refractivity contribution in [2.24, 2.45) is 17.1 Å². The van der Waals surface area contributed by atoms with E-state index in [0.29, 0.717) is 5.41 Å². The van der Waals surface area contributed by atoms with Crippen molar-refractivity contribution in [2.75, 3.05) is 18.1 Å². The zero-order valence-electron chi connectivity index (χ0n) is 8.31. The molecule has 2 heteroatoms. The summed E-state index contributed by atoms with van der Waals surface area (Å²) in [5.74, 6) is 3.50. The first-order valence-electron chi connectivity index (χ1n) is 4.96. The van der Waals surface area contributed by atoms with E-state index in [1.807, 2.05) is 0 Å².